The number of benzene rings is 2. The van der Waals surface area contributed by atoms with E-state index in [2.05, 4.69) is 0 Å². The molecule has 1 saturated heterocycles. The molecule has 5 rings (SSSR count). The minimum Gasteiger partial charge on any atom is -0.312 e. The Labute approximate surface area is 175 Å². The van der Waals surface area contributed by atoms with E-state index in [0.717, 1.165) is 11.8 Å². The van der Waals surface area contributed by atoms with Crippen LogP contribution >= 0.6 is 11.8 Å². The van der Waals surface area contributed by atoms with Gasteiger partial charge in [0.05, 0.1) is 23.3 Å². The van der Waals surface area contributed by atoms with Crippen LogP contribution in [0.1, 0.15) is 5.56 Å². The lowest BCUT2D eigenvalue weighted by atomic mass is 10.1. The summed E-state index contributed by atoms with van der Waals surface area (Å²) < 4.78 is 16.9. The Balaban J connectivity index is 1.74. The number of carbonyl (C=O) groups is 2. The summed E-state index contributed by atoms with van der Waals surface area (Å²) >= 11 is 1.15. The van der Waals surface area contributed by atoms with E-state index in [9.17, 15) is 18.8 Å². The van der Waals surface area contributed by atoms with Crippen LogP contribution in [-0.4, -0.2) is 34.0 Å². The fourth-order valence-corrected chi connectivity index (χ4v) is 5.59. The number of halogens is 1. The minimum atomic E-state index is -1.43. The molecule has 7 nitrogen and oxygen atoms in total. The van der Waals surface area contributed by atoms with Crippen molar-refractivity contribution < 1.29 is 14.0 Å². The van der Waals surface area contributed by atoms with Crippen LogP contribution in [0.3, 0.4) is 0 Å². The first-order valence-electron chi connectivity index (χ1n) is 9.25. The van der Waals surface area contributed by atoms with Gasteiger partial charge in [-0.3, -0.25) is 24.0 Å². The number of thioether (sulfide) groups is 1. The first-order chi connectivity index (χ1) is 14.4. The summed E-state index contributed by atoms with van der Waals surface area (Å²) in [6, 6.07) is 13.1. The second-order valence-corrected chi connectivity index (χ2v) is 8.40. The lowest BCUT2D eigenvalue weighted by Gasteiger charge is -2.31. The van der Waals surface area contributed by atoms with Crippen LogP contribution in [0.5, 0.6) is 0 Å². The van der Waals surface area contributed by atoms with E-state index in [-0.39, 0.29) is 23.3 Å². The molecule has 0 radical (unpaired) electrons. The molecule has 0 saturated carbocycles. The fourth-order valence-electron chi connectivity index (χ4n) is 4.21. The van der Waals surface area contributed by atoms with Crippen molar-refractivity contribution >= 4 is 35.0 Å². The summed E-state index contributed by atoms with van der Waals surface area (Å²) in [4.78, 5) is 40.9. The standard InChI is InChI=1S/C21H17FN4O3S/c1-23-11-17(19(28)26(23)14-6-4-3-5-7-14)25-18(27)12-30-21(25)15-9-8-13(22)10-16(15)24(2)20(21)29/h3-11H,12H2,1-2H3. The normalized spacial score (nSPS) is 20.5. The number of aryl methyl sites for hydroxylation is 1. The summed E-state index contributed by atoms with van der Waals surface area (Å²) in [6.07, 6.45) is 1.55. The number of rotatable bonds is 2. The Bertz CT molecular complexity index is 1270. The minimum absolute atomic E-state index is 0.0378. The highest BCUT2D eigenvalue weighted by molar-refractivity contribution is 8.02. The highest BCUT2D eigenvalue weighted by atomic mass is 32.2. The van der Waals surface area contributed by atoms with Gasteiger partial charge in [0.25, 0.3) is 11.5 Å². The zero-order valence-corrected chi connectivity index (χ0v) is 17.0. The van der Waals surface area contributed by atoms with Crippen LogP contribution in [0.25, 0.3) is 5.69 Å². The van der Waals surface area contributed by atoms with Crippen molar-refractivity contribution in [3.63, 3.8) is 0 Å². The van der Waals surface area contributed by atoms with Crippen LogP contribution in [0.4, 0.5) is 15.8 Å². The number of anilines is 2. The molecule has 1 atom stereocenters. The second kappa shape index (κ2) is 6.33. The maximum absolute atomic E-state index is 13.9. The number of hydrogen-bond donors (Lipinski definition) is 0. The summed E-state index contributed by atoms with van der Waals surface area (Å²) in [6.45, 7) is 0. The number of fused-ring (bicyclic) bond motifs is 2. The van der Waals surface area contributed by atoms with Gasteiger partial charge in [-0.1, -0.05) is 24.3 Å². The molecule has 30 heavy (non-hydrogen) atoms. The molecule has 3 aromatic rings. The van der Waals surface area contributed by atoms with Gasteiger partial charge in [-0.05, 0) is 24.3 Å². The molecule has 1 aromatic heterocycles. The van der Waals surface area contributed by atoms with Crippen LogP contribution in [0.15, 0.2) is 59.5 Å². The molecule has 2 aromatic carbocycles. The van der Waals surface area contributed by atoms with Crippen molar-refractivity contribution in [3.8, 4) is 5.69 Å². The summed E-state index contributed by atoms with van der Waals surface area (Å²) in [5, 5.41) is 0. The first kappa shape index (κ1) is 18.7. The van der Waals surface area contributed by atoms with Crippen molar-refractivity contribution in [2.45, 2.75) is 4.87 Å². The average molecular weight is 424 g/mol. The van der Waals surface area contributed by atoms with Gasteiger partial charge < -0.3 is 4.90 Å². The predicted octanol–water partition coefficient (Wildman–Crippen LogP) is 2.22. The van der Waals surface area contributed by atoms with Gasteiger partial charge in [0.2, 0.25) is 10.8 Å². The number of nitrogens with zero attached hydrogens (tertiary/aromatic N) is 4. The fraction of sp³-hybridized carbons (Fsp3) is 0.190. The van der Waals surface area contributed by atoms with Gasteiger partial charge in [-0.25, -0.2) is 9.07 Å². The van der Waals surface area contributed by atoms with Crippen molar-refractivity contribution in [1.82, 2.24) is 9.36 Å². The number of amides is 2. The average Bonchev–Trinajstić information content (AvgIpc) is 3.29. The Hall–Kier alpha value is -3.33. The largest absolute Gasteiger partial charge is 0.312 e. The number of hydrogen-bond acceptors (Lipinski definition) is 4. The molecule has 3 heterocycles. The first-order valence-corrected chi connectivity index (χ1v) is 10.2. The molecule has 0 N–H and O–H groups in total. The van der Waals surface area contributed by atoms with E-state index in [4.69, 9.17) is 0 Å². The topological polar surface area (TPSA) is 67.6 Å². The maximum Gasteiger partial charge on any atom is 0.295 e. The molecule has 9 heteroatoms. The molecule has 2 amide bonds. The van der Waals surface area contributed by atoms with E-state index in [1.807, 2.05) is 18.2 Å². The Morgan fingerprint density at radius 3 is 2.47 bits per heavy atom. The van der Waals surface area contributed by atoms with E-state index in [0.29, 0.717) is 16.9 Å². The zero-order chi connectivity index (χ0) is 21.2. The summed E-state index contributed by atoms with van der Waals surface area (Å²) in [7, 11) is 3.24. The van der Waals surface area contributed by atoms with Gasteiger partial charge in [0.1, 0.15) is 11.5 Å². The molecule has 0 bridgehead atoms. The van der Waals surface area contributed by atoms with E-state index in [1.54, 1.807) is 37.1 Å². The van der Waals surface area contributed by atoms with Gasteiger partial charge in [-0.2, -0.15) is 0 Å². The molecule has 0 aliphatic carbocycles. The summed E-state index contributed by atoms with van der Waals surface area (Å²) in [5.41, 5.74) is 1.23. The highest BCUT2D eigenvalue weighted by Crippen LogP contribution is 2.55. The van der Waals surface area contributed by atoms with E-state index >= 15 is 0 Å². The molecule has 2 aliphatic rings. The van der Waals surface area contributed by atoms with Gasteiger partial charge >= 0.3 is 0 Å². The van der Waals surface area contributed by atoms with Crippen LogP contribution in [0, 0.1) is 5.82 Å². The third-order valence-electron chi connectivity index (χ3n) is 5.53. The number of likely N-dealkylation sites (N-methyl/N-ethyl adjacent to an activating group) is 1. The van der Waals surface area contributed by atoms with Crippen molar-refractivity contribution in [2.24, 2.45) is 7.05 Å². The van der Waals surface area contributed by atoms with Crippen LogP contribution in [-0.2, 0) is 21.5 Å². The molecule has 1 spiro atoms. The number of aromatic nitrogens is 2. The molecule has 1 fully saturated rings. The van der Waals surface area contributed by atoms with Gasteiger partial charge in [-0.15, -0.1) is 11.8 Å². The highest BCUT2D eigenvalue weighted by Gasteiger charge is 2.61. The van der Waals surface area contributed by atoms with Crippen LogP contribution in [0.2, 0.25) is 0 Å². The lowest BCUT2D eigenvalue weighted by molar-refractivity contribution is -0.123. The Morgan fingerprint density at radius 2 is 1.73 bits per heavy atom. The zero-order valence-electron chi connectivity index (χ0n) is 16.2. The van der Waals surface area contributed by atoms with Crippen molar-refractivity contribution in [2.75, 3.05) is 22.6 Å². The lowest BCUT2D eigenvalue weighted by Crippen LogP contribution is -2.50. The maximum atomic E-state index is 13.9. The molecular weight excluding hydrogens is 407 g/mol. The summed E-state index contributed by atoms with van der Waals surface area (Å²) in [5.74, 6) is -1.16. The third-order valence-corrected chi connectivity index (χ3v) is 6.91. The molecule has 152 valence electrons. The van der Waals surface area contributed by atoms with Crippen LogP contribution < -0.4 is 15.4 Å². The van der Waals surface area contributed by atoms with Crippen molar-refractivity contribution in [3.05, 3.63) is 76.5 Å². The number of para-hydroxylation sites is 1. The SMILES string of the molecule is CN1C(=O)C2(SCC(=O)N2c2cn(C)n(-c3ccccc3)c2=O)c2ccc(F)cc21. The smallest absolute Gasteiger partial charge is 0.295 e. The van der Waals surface area contributed by atoms with E-state index in [1.165, 1.54) is 32.7 Å². The predicted molar refractivity (Wildman–Crippen MR) is 112 cm³/mol. The van der Waals surface area contributed by atoms with E-state index < -0.39 is 16.2 Å². The van der Waals surface area contributed by atoms with Gasteiger partial charge in [0.15, 0.2) is 0 Å². The van der Waals surface area contributed by atoms with Crippen molar-refractivity contribution in [1.29, 1.82) is 0 Å². The Morgan fingerprint density at radius 1 is 1.00 bits per heavy atom. The Kier molecular flexibility index (Phi) is 3.94. The molecule has 1 unspecified atom stereocenters. The molecular formula is C21H17FN4O3S. The van der Waals surface area contributed by atoms with Gasteiger partial charge in [0, 0.05) is 19.7 Å². The second-order valence-electron chi connectivity index (χ2n) is 7.23. The monoisotopic (exact) mass is 424 g/mol. The third kappa shape index (κ3) is 2.29. The quantitative estimate of drug-likeness (QED) is 0.633. The molecule has 2 aliphatic heterocycles. The number of carbonyl (C=O) groups excluding carboxylic acids is 2.